The van der Waals surface area contributed by atoms with Gasteiger partial charge < -0.3 is 9.72 Å². The predicted octanol–water partition coefficient (Wildman–Crippen LogP) is 5.11. The van der Waals surface area contributed by atoms with Gasteiger partial charge in [-0.3, -0.25) is 4.79 Å². The van der Waals surface area contributed by atoms with E-state index in [1.165, 1.54) is 6.21 Å². The highest BCUT2D eigenvalue weighted by molar-refractivity contribution is 6.42. The van der Waals surface area contributed by atoms with Crippen LogP contribution in [0.2, 0.25) is 15.1 Å². The SMILES string of the molecule is O=c1[nH]c2ccccc2c(=O)n1N=Cc1cc(Cl)ccc1OCc1ccc(Cl)c(Cl)c1. The van der Waals surface area contributed by atoms with E-state index in [1.54, 1.807) is 60.7 Å². The van der Waals surface area contributed by atoms with Crippen LogP contribution >= 0.6 is 34.8 Å². The summed E-state index contributed by atoms with van der Waals surface area (Å²) in [6, 6.07) is 16.9. The highest BCUT2D eigenvalue weighted by Crippen LogP contribution is 2.25. The molecular weight excluding hydrogens is 461 g/mol. The van der Waals surface area contributed by atoms with Crippen LogP contribution in [0.4, 0.5) is 0 Å². The normalized spacial score (nSPS) is 11.3. The molecule has 1 N–H and O–H groups in total. The highest BCUT2D eigenvalue weighted by Gasteiger charge is 2.08. The van der Waals surface area contributed by atoms with Crippen LogP contribution < -0.4 is 16.0 Å². The number of nitrogens with one attached hydrogen (secondary N) is 1. The summed E-state index contributed by atoms with van der Waals surface area (Å²) >= 11 is 18.1. The smallest absolute Gasteiger partial charge is 0.349 e. The molecule has 0 atom stereocenters. The van der Waals surface area contributed by atoms with Crippen molar-refractivity contribution in [3.05, 3.63) is 108 Å². The van der Waals surface area contributed by atoms with E-state index in [2.05, 4.69) is 10.1 Å². The summed E-state index contributed by atoms with van der Waals surface area (Å²) in [5.74, 6) is 0.462. The Morgan fingerprint density at radius 1 is 0.968 bits per heavy atom. The number of aromatic amines is 1. The monoisotopic (exact) mass is 473 g/mol. The summed E-state index contributed by atoms with van der Waals surface area (Å²) in [5, 5.41) is 5.74. The fraction of sp³-hybridized carbons (Fsp3) is 0.0455. The number of nitrogens with zero attached hydrogens (tertiary/aromatic N) is 2. The molecule has 0 saturated heterocycles. The Kier molecular flexibility index (Phi) is 6.13. The van der Waals surface area contributed by atoms with Gasteiger partial charge in [-0.25, -0.2) is 4.79 Å². The van der Waals surface area contributed by atoms with Crippen molar-refractivity contribution >= 4 is 51.9 Å². The van der Waals surface area contributed by atoms with Gasteiger partial charge in [-0.05, 0) is 48.0 Å². The molecule has 1 aromatic heterocycles. The maximum Gasteiger partial charge on any atom is 0.349 e. The van der Waals surface area contributed by atoms with Gasteiger partial charge in [0.1, 0.15) is 12.4 Å². The van der Waals surface area contributed by atoms with Crippen LogP contribution in [-0.2, 0) is 6.61 Å². The van der Waals surface area contributed by atoms with E-state index in [9.17, 15) is 9.59 Å². The molecule has 0 amide bonds. The summed E-state index contributed by atoms with van der Waals surface area (Å²) in [6.45, 7) is 0.218. The molecule has 1 heterocycles. The third-order valence-corrected chi connectivity index (χ3v) is 5.42. The zero-order chi connectivity index (χ0) is 22.0. The number of ether oxygens (including phenoxy) is 1. The Hall–Kier alpha value is -3.06. The van der Waals surface area contributed by atoms with E-state index in [4.69, 9.17) is 39.5 Å². The molecule has 0 saturated carbocycles. The molecule has 31 heavy (non-hydrogen) atoms. The maximum atomic E-state index is 12.6. The molecular formula is C22H14Cl3N3O3. The van der Waals surface area contributed by atoms with Gasteiger partial charge in [0.15, 0.2) is 0 Å². The zero-order valence-electron chi connectivity index (χ0n) is 15.8. The maximum absolute atomic E-state index is 12.6. The van der Waals surface area contributed by atoms with Crippen molar-refractivity contribution < 1.29 is 4.74 Å². The summed E-state index contributed by atoms with van der Waals surface area (Å²) in [6.07, 6.45) is 1.35. The van der Waals surface area contributed by atoms with Crippen molar-refractivity contribution in [2.24, 2.45) is 5.10 Å². The second-order valence-electron chi connectivity index (χ2n) is 6.56. The fourth-order valence-electron chi connectivity index (χ4n) is 2.92. The third kappa shape index (κ3) is 4.66. The third-order valence-electron chi connectivity index (χ3n) is 4.45. The fourth-order valence-corrected chi connectivity index (χ4v) is 3.42. The first-order chi connectivity index (χ1) is 14.9. The molecule has 156 valence electrons. The van der Waals surface area contributed by atoms with Crippen LogP contribution in [0.25, 0.3) is 10.9 Å². The van der Waals surface area contributed by atoms with E-state index in [1.807, 2.05) is 0 Å². The summed E-state index contributed by atoms with van der Waals surface area (Å²) < 4.78 is 6.62. The van der Waals surface area contributed by atoms with E-state index in [-0.39, 0.29) is 6.61 Å². The number of H-pyrrole nitrogens is 1. The van der Waals surface area contributed by atoms with Gasteiger partial charge in [0.2, 0.25) is 0 Å². The van der Waals surface area contributed by atoms with Gasteiger partial charge in [-0.2, -0.15) is 5.10 Å². The molecule has 0 fully saturated rings. The minimum atomic E-state index is -0.653. The topological polar surface area (TPSA) is 76.5 Å². The van der Waals surface area contributed by atoms with E-state index in [0.717, 1.165) is 10.2 Å². The summed E-state index contributed by atoms with van der Waals surface area (Å²) in [5.41, 5.74) is 0.565. The lowest BCUT2D eigenvalue weighted by Crippen LogP contribution is -2.32. The standard InChI is InChI=1S/C22H14Cl3N3O3/c23-15-6-8-20(31-12-13-5-7-17(24)18(25)9-13)14(10-15)11-26-28-21(29)16-3-1-2-4-19(16)27-22(28)30/h1-11H,12H2,(H,27,30). The van der Waals surface area contributed by atoms with E-state index in [0.29, 0.717) is 37.3 Å². The quantitative estimate of drug-likeness (QED) is 0.408. The van der Waals surface area contributed by atoms with Crippen LogP contribution in [0, 0.1) is 0 Å². The lowest BCUT2D eigenvalue weighted by atomic mass is 10.2. The van der Waals surface area contributed by atoms with Crippen molar-refractivity contribution in [3.63, 3.8) is 0 Å². The van der Waals surface area contributed by atoms with Crippen LogP contribution in [0.5, 0.6) is 5.75 Å². The first-order valence-electron chi connectivity index (χ1n) is 9.07. The molecule has 0 aliphatic carbocycles. The van der Waals surface area contributed by atoms with Gasteiger partial charge in [0.25, 0.3) is 5.56 Å². The first-order valence-corrected chi connectivity index (χ1v) is 10.2. The number of fused-ring (bicyclic) bond motifs is 1. The van der Waals surface area contributed by atoms with Crippen LogP contribution in [0.15, 0.2) is 75.4 Å². The summed E-state index contributed by atoms with van der Waals surface area (Å²) in [4.78, 5) is 27.6. The average molecular weight is 475 g/mol. The molecule has 6 nitrogen and oxygen atoms in total. The minimum absolute atomic E-state index is 0.218. The largest absolute Gasteiger partial charge is 0.488 e. The Morgan fingerprint density at radius 3 is 2.58 bits per heavy atom. The lowest BCUT2D eigenvalue weighted by molar-refractivity contribution is 0.306. The van der Waals surface area contributed by atoms with Crippen molar-refractivity contribution in [2.45, 2.75) is 6.61 Å². The number of halogens is 3. The van der Waals surface area contributed by atoms with Gasteiger partial charge in [0, 0.05) is 10.6 Å². The van der Waals surface area contributed by atoms with Gasteiger partial charge >= 0.3 is 5.69 Å². The van der Waals surface area contributed by atoms with Gasteiger partial charge in [0.05, 0.1) is 27.2 Å². The summed E-state index contributed by atoms with van der Waals surface area (Å²) in [7, 11) is 0. The minimum Gasteiger partial charge on any atom is -0.488 e. The molecule has 0 radical (unpaired) electrons. The number of rotatable bonds is 5. The molecule has 3 aromatic carbocycles. The number of aromatic nitrogens is 2. The van der Waals surface area contributed by atoms with Crippen LogP contribution in [-0.4, -0.2) is 15.9 Å². The Balaban J connectivity index is 1.66. The van der Waals surface area contributed by atoms with Crippen molar-refractivity contribution in [1.29, 1.82) is 0 Å². The highest BCUT2D eigenvalue weighted by atomic mass is 35.5. The lowest BCUT2D eigenvalue weighted by Gasteiger charge is -2.10. The molecule has 0 unspecified atom stereocenters. The van der Waals surface area contributed by atoms with E-state index < -0.39 is 11.2 Å². The number of benzene rings is 3. The molecule has 0 aliphatic rings. The van der Waals surface area contributed by atoms with Crippen molar-refractivity contribution in [1.82, 2.24) is 9.66 Å². The average Bonchev–Trinajstić information content (AvgIpc) is 2.75. The number of para-hydroxylation sites is 1. The number of hydrogen-bond donors (Lipinski definition) is 1. The Morgan fingerprint density at radius 2 is 1.77 bits per heavy atom. The second kappa shape index (κ2) is 8.98. The van der Waals surface area contributed by atoms with E-state index >= 15 is 0 Å². The zero-order valence-corrected chi connectivity index (χ0v) is 18.1. The van der Waals surface area contributed by atoms with Gasteiger partial charge in [-0.15, -0.1) is 4.68 Å². The predicted molar refractivity (Wildman–Crippen MR) is 124 cm³/mol. The molecule has 0 bridgehead atoms. The Bertz CT molecular complexity index is 1430. The first kappa shape index (κ1) is 21.2. The van der Waals surface area contributed by atoms with Crippen molar-refractivity contribution in [2.75, 3.05) is 0 Å². The van der Waals surface area contributed by atoms with Crippen LogP contribution in [0.1, 0.15) is 11.1 Å². The molecule has 4 rings (SSSR count). The van der Waals surface area contributed by atoms with Gasteiger partial charge in [-0.1, -0.05) is 53.0 Å². The van der Waals surface area contributed by atoms with Crippen LogP contribution in [0.3, 0.4) is 0 Å². The number of hydrogen-bond acceptors (Lipinski definition) is 4. The molecule has 4 aromatic rings. The molecule has 0 spiro atoms. The molecule has 9 heteroatoms. The Labute approximate surface area is 191 Å². The molecule has 0 aliphatic heterocycles. The van der Waals surface area contributed by atoms with Crippen molar-refractivity contribution in [3.8, 4) is 5.75 Å². The second-order valence-corrected chi connectivity index (χ2v) is 7.81.